The number of hydrogen-bond donors (Lipinski definition) is 0. The molecule has 2 unspecified atom stereocenters. The van der Waals surface area contributed by atoms with E-state index in [1.54, 1.807) is 0 Å². The number of nitrogens with zero attached hydrogens (tertiary/aromatic N) is 2. The topological polar surface area (TPSA) is 17.8 Å². The lowest BCUT2D eigenvalue weighted by atomic mass is 10.0. The molecule has 0 aromatic carbocycles. The van der Waals surface area contributed by atoms with E-state index in [1.165, 1.54) is 17.9 Å². The smallest absolute Gasteiger partial charge is 0.0492 e. The molecule has 2 atom stereocenters. The molecule has 0 N–H and O–H groups in total. The fraction of sp³-hybridized carbons (Fsp3) is 0.700. The Labute approximate surface area is 94.0 Å². The van der Waals surface area contributed by atoms with Gasteiger partial charge in [0.2, 0.25) is 0 Å². The first-order valence-corrected chi connectivity index (χ1v) is 6.55. The van der Waals surface area contributed by atoms with Crippen molar-refractivity contribution < 1.29 is 0 Å². The molecular formula is C10H15ClN2S. The normalized spacial score (nSPS) is 27.0. The number of halogens is 1. The fourth-order valence-electron chi connectivity index (χ4n) is 1.82. The molecule has 1 aromatic heterocycles. The number of aryl methyl sites for hydroxylation is 2. The Balaban J connectivity index is 1.85. The van der Waals surface area contributed by atoms with Crippen molar-refractivity contribution in [2.45, 2.75) is 18.2 Å². The summed E-state index contributed by atoms with van der Waals surface area (Å²) >= 11 is 8.19. The zero-order chi connectivity index (χ0) is 9.97. The van der Waals surface area contributed by atoms with Crippen molar-refractivity contribution in [3.05, 3.63) is 18.0 Å². The maximum Gasteiger partial charge on any atom is 0.0492 e. The van der Waals surface area contributed by atoms with E-state index in [-0.39, 0.29) is 0 Å². The van der Waals surface area contributed by atoms with Gasteiger partial charge in [0.1, 0.15) is 0 Å². The van der Waals surface area contributed by atoms with Crippen molar-refractivity contribution in [2.24, 2.45) is 13.0 Å². The second-order valence-corrected chi connectivity index (χ2v) is 5.43. The highest BCUT2D eigenvalue weighted by Gasteiger charge is 2.25. The first-order chi connectivity index (χ1) is 6.77. The quantitative estimate of drug-likeness (QED) is 0.742. The van der Waals surface area contributed by atoms with Crippen LogP contribution >= 0.6 is 23.4 Å². The van der Waals surface area contributed by atoms with E-state index in [1.807, 2.05) is 29.7 Å². The summed E-state index contributed by atoms with van der Waals surface area (Å²) in [5.41, 5.74) is 1.31. The van der Waals surface area contributed by atoms with Crippen LogP contribution in [0.5, 0.6) is 0 Å². The Kier molecular flexibility index (Phi) is 3.39. The summed E-state index contributed by atoms with van der Waals surface area (Å²) < 4.78 is 1.95. The molecule has 4 heteroatoms. The molecule has 1 aliphatic rings. The molecule has 0 saturated carbocycles. The third-order valence-corrected chi connectivity index (χ3v) is 4.77. The van der Waals surface area contributed by atoms with Crippen molar-refractivity contribution >= 4 is 23.4 Å². The monoisotopic (exact) mass is 230 g/mol. The largest absolute Gasteiger partial charge is 0.273 e. The summed E-state index contributed by atoms with van der Waals surface area (Å²) in [6.07, 6.45) is 4.16. The Hall–Kier alpha value is -0.150. The number of thioether (sulfide) groups is 1. The Bertz CT molecular complexity index is 300. The zero-order valence-electron chi connectivity index (χ0n) is 8.32. The van der Waals surface area contributed by atoms with Crippen LogP contribution in [-0.2, 0) is 13.5 Å². The lowest BCUT2D eigenvalue weighted by Crippen LogP contribution is -2.13. The molecular weight excluding hydrogens is 216 g/mol. The number of rotatable bonds is 3. The summed E-state index contributed by atoms with van der Waals surface area (Å²) in [5.74, 6) is 3.04. The van der Waals surface area contributed by atoms with Gasteiger partial charge < -0.3 is 0 Å². The van der Waals surface area contributed by atoms with Crippen LogP contribution in [-0.4, -0.2) is 26.7 Å². The molecule has 0 bridgehead atoms. The number of alkyl halides is 1. The van der Waals surface area contributed by atoms with Crippen LogP contribution in [0.15, 0.2) is 12.3 Å². The van der Waals surface area contributed by atoms with E-state index in [0.717, 1.165) is 12.2 Å². The zero-order valence-corrected chi connectivity index (χ0v) is 9.89. The summed E-state index contributed by atoms with van der Waals surface area (Å²) in [6, 6.07) is 2.09. The van der Waals surface area contributed by atoms with Gasteiger partial charge in [0.25, 0.3) is 0 Å². The highest BCUT2D eigenvalue weighted by Crippen LogP contribution is 2.31. The minimum Gasteiger partial charge on any atom is -0.273 e. The van der Waals surface area contributed by atoms with Gasteiger partial charge in [-0.1, -0.05) is 0 Å². The van der Waals surface area contributed by atoms with Crippen molar-refractivity contribution in [3.8, 4) is 0 Å². The predicted octanol–water partition coefficient (Wildman–Crippen LogP) is 2.32. The number of hydrogen-bond acceptors (Lipinski definition) is 2. The summed E-state index contributed by atoms with van der Waals surface area (Å²) in [7, 11) is 2.00. The molecule has 1 aliphatic heterocycles. The first kappa shape index (κ1) is 10.4. The minimum atomic E-state index is 0.383. The summed E-state index contributed by atoms with van der Waals surface area (Å²) in [4.78, 5) is 0. The van der Waals surface area contributed by atoms with Gasteiger partial charge in [0.05, 0.1) is 0 Å². The van der Waals surface area contributed by atoms with E-state index in [2.05, 4.69) is 11.2 Å². The second-order valence-electron chi connectivity index (χ2n) is 3.80. The highest BCUT2D eigenvalue weighted by atomic mass is 35.5. The van der Waals surface area contributed by atoms with Gasteiger partial charge in [-0.15, -0.1) is 11.6 Å². The van der Waals surface area contributed by atoms with E-state index in [0.29, 0.717) is 11.3 Å². The maximum atomic E-state index is 6.21. The van der Waals surface area contributed by atoms with Gasteiger partial charge in [0.15, 0.2) is 0 Å². The molecule has 78 valence electrons. The third-order valence-electron chi connectivity index (χ3n) is 2.81. The van der Waals surface area contributed by atoms with E-state index in [9.17, 15) is 0 Å². The predicted molar refractivity (Wildman–Crippen MR) is 62.0 cm³/mol. The Morgan fingerprint density at radius 2 is 2.50 bits per heavy atom. The third kappa shape index (κ3) is 2.26. The average molecular weight is 231 g/mol. The lowest BCUT2D eigenvalue weighted by Gasteiger charge is -2.11. The Morgan fingerprint density at radius 1 is 1.64 bits per heavy atom. The summed E-state index contributed by atoms with van der Waals surface area (Å²) in [6.45, 7) is 0. The molecule has 0 spiro atoms. The molecule has 1 saturated heterocycles. The van der Waals surface area contributed by atoms with Gasteiger partial charge in [-0.3, -0.25) is 4.68 Å². The van der Waals surface area contributed by atoms with E-state index >= 15 is 0 Å². The molecule has 1 aromatic rings. The van der Waals surface area contributed by atoms with Gasteiger partial charge in [-0.25, -0.2) is 0 Å². The van der Waals surface area contributed by atoms with Crippen LogP contribution in [0, 0.1) is 5.92 Å². The molecule has 2 rings (SSSR count). The first-order valence-electron chi connectivity index (χ1n) is 4.96. The van der Waals surface area contributed by atoms with Gasteiger partial charge in [-0.2, -0.15) is 16.9 Å². The number of aromatic nitrogens is 2. The van der Waals surface area contributed by atoms with Crippen LogP contribution in [0.3, 0.4) is 0 Å². The van der Waals surface area contributed by atoms with Gasteiger partial charge >= 0.3 is 0 Å². The summed E-state index contributed by atoms with van der Waals surface area (Å²) in [5, 5.41) is 4.54. The van der Waals surface area contributed by atoms with Crippen LogP contribution in [0.2, 0.25) is 0 Å². The Morgan fingerprint density at radius 3 is 3.07 bits per heavy atom. The fourth-order valence-corrected chi connectivity index (χ4v) is 3.74. The minimum absolute atomic E-state index is 0.383. The molecule has 0 aliphatic carbocycles. The van der Waals surface area contributed by atoms with Gasteiger partial charge in [0, 0.05) is 30.1 Å². The average Bonchev–Trinajstić information content (AvgIpc) is 2.72. The van der Waals surface area contributed by atoms with Crippen molar-refractivity contribution in [2.75, 3.05) is 11.5 Å². The van der Waals surface area contributed by atoms with Crippen molar-refractivity contribution in [3.63, 3.8) is 0 Å². The van der Waals surface area contributed by atoms with Crippen LogP contribution in [0.1, 0.15) is 12.1 Å². The maximum absolute atomic E-state index is 6.21. The van der Waals surface area contributed by atoms with Crippen LogP contribution < -0.4 is 0 Å². The highest BCUT2D eigenvalue weighted by molar-refractivity contribution is 7.99. The van der Waals surface area contributed by atoms with Gasteiger partial charge in [-0.05, 0) is 30.6 Å². The molecule has 0 amide bonds. The molecule has 14 heavy (non-hydrogen) atoms. The van der Waals surface area contributed by atoms with Crippen molar-refractivity contribution in [1.29, 1.82) is 0 Å². The molecule has 1 fully saturated rings. The van der Waals surface area contributed by atoms with E-state index in [4.69, 9.17) is 11.6 Å². The molecule has 0 radical (unpaired) electrons. The van der Waals surface area contributed by atoms with Crippen LogP contribution in [0.4, 0.5) is 0 Å². The SMILES string of the molecule is Cn1nccc1CCC1CSCC1Cl. The second kappa shape index (κ2) is 4.58. The molecule has 2 heterocycles. The molecule has 2 nitrogen and oxygen atoms in total. The van der Waals surface area contributed by atoms with Crippen molar-refractivity contribution in [1.82, 2.24) is 9.78 Å². The lowest BCUT2D eigenvalue weighted by molar-refractivity contribution is 0.537. The van der Waals surface area contributed by atoms with E-state index < -0.39 is 0 Å². The standard InChI is InChI=1S/C10H15ClN2S/c1-13-9(4-5-12-13)3-2-8-6-14-7-10(8)11/h4-5,8,10H,2-3,6-7H2,1H3. The van der Waals surface area contributed by atoms with Crippen LogP contribution in [0.25, 0.3) is 0 Å².